The predicted octanol–water partition coefficient (Wildman–Crippen LogP) is 3.03. The first-order chi connectivity index (χ1) is 15.2. The van der Waals surface area contributed by atoms with Crippen molar-refractivity contribution in [3.63, 3.8) is 0 Å². The lowest BCUT2D eigenvalue weighted by atomic mass is 9.97. The largest absolute Gasteiger partial charge is 0.493 e. The predicted molar refractivity (Wildman–Crippen MR) is 118 cm³/mol. The van der Waals surface area contributed by atoms with Crippen molar-refractivity contribution in [1.29, 1.82) is 0 Å². The third-order valence-electron chi connectivity index (χ3n) is 5.62. The average Bonchev–Trinajstić information content (AvgIpc) is 3.44. The maximum atomic E-state index is 9.15. The summed E-state index contributed by atoms with van der Waals surface area (Å²) in [6.07, 6.45) is 6.07. The van der Waals surface area contributed by atoms with Gasteiger partial charge in [0.25, 0.3) is 0 Å². The Bertz CT molecular complexity index is 1220. The Morgan fingerprint density at radius 3 is 3.03 bits per heavy atom. The van der Waals surface area contributed by atoms with E-state index < -0.39 is 0 Å². The van der Waals surface area contributed by atoms with E-state index in [1.165, 1.54) is 11.1 Å². The van der Waals surface area contributed by atoms with Gasteiger partial charge >= 0.3 is 0 Å². The van der Waals surface area contributed by atoms with Gasteiger partial charge in [0.2, 0.25) is 0 Å². The number of hydrogen-bond acceptors (Lipinski definition) is 7. The van der Waals surface area contributed by atoms with Crippen LogP contribution in [-0.4, -0.2) is 49.6 Å². The average molecular weight is 416 g/mol. The molecule has 0 spiro atoms. The molecule has 1 atom stereocenters. The number of aliphatic hydroxyl groups excluding tert-OH is 1. The SMILES string of the molecule is C[C@H](CNc1cc(-c2cnc3c(cnn3CCO)c2)ncn1)c1cccc2c1OCC2. The lowest BCUT2D eigenvalue weighted by molar-refractivity contribution is 0.271. The molecule has 0 aliphatic carbocycles. The number of benzene rings is 1. The fourth-order valence-electron chi connectivity index (χ4n) is 3.98. The minimum Gasteiger partial charge on any atom is -0.493 e. The molecule has 5 rings (SSSR count). The highest BCUT2D eigenvalue weighted by Crippen LogP contribution is 2.34. The molecule has 4 aromatic rings. The molecule has 8 nitrogen and oxygen atoms in total. The second kappa shape index (κ2) is 8.31. The number of fused-ring (bicyclic) bond motifs is 2. The second-order valence-electron chi connectivity index (χ2n) is 7.73. The zero-order valence-electron chi connectivity index (χ0n) is 17.3. The Balaban J connectivity index is 1.33. The monoisotopic (exact) mass is 416 g/mol. The Hall–Kier alpha value is -3.52. The van der Waals surface area contributed by atoms with E-state index in [0.717, 1.165) is 53.4 Å². The molecule has 158 valence electrons. The highest BCUT2D eigenvalue weighted by atomic mass is 16.5. The Morgan fingerprint density at radius 1 is 1.19 bits per heavy atom. The molecular weight excluding hydrogens is 392 g/mol. The van der Waals surface area contributed by atoms with Gasteiger partial charge in [-0.15, -0.1) is 0 Å². The summed E-state index contributed by atoms with van der Waals surface area (Å²) in [5.41, 5.74) is 4.95. The van der Waals surface area contributed by atoms with Gasteiger partial charge in [-0.1, -0.05) is 25.1 Å². The fourth-order valence-corrected chi connectivity index (χ4v) is 3.98. The molecule has 0 saturated carbocycles. The number of rotatable bonds is 7. The zero-order valence-corrected chi connectivity index (χ0v) is 17.3. The van der Waals surface area contributed by atoms with E-state index in [1.54, 1.807) is 23.4 Å². The molecule has 0 unspecified atom stereocenters. The third kappa shape index (κ3) is 3.82. The summed E-state index contributed by atoms with van der Waals surface area (Å²) in [4.78, 5) is 13.3. The zero-order chi connectivity index (χ0) is 21.2. The van der Waals surface area contributed by atoms with E-state index in [-0.39, 0.29) is 12.5 Å². The molecule has 0 saturated heterocycles. The van der Waals surface area contributed by atoms with Crippen molar-refractivity contribution in [2.75, 3.05) is 25.1 Å². The maximum Gasteiger partial charge on any atom is 0.157 e. The summed E-state index contributed by atoms with van der Waals surface area (Å²) >= 11 is 0. The molecule has 0 bridgehead atoms. The molecule has 1 aliphatic rings. The molecular formula is C23H24N6O2. The van der Waals surface area contributed by atoms with E-state index in [0.29, 0.717) is 6.54 Å². The molecule has 1 aliphatic heterocycles. The standard InChI is InChI=1S/C23H24N6O2/c1-15(19-4-2-3-16-5-8-31-22(16)19)11-24-21-10-20(26-14-27-21)17-9-18-13-28-29(6-7-30)23(18)25-12-17/h2-4,9-10,12-15,30H,5-8,11H2,1H3,(H,24,26,27)/t15-/m1/s1. The van der Waals surface area contributed by atoms with Crippen molar-refractivity contribution in [2.45, 2.75) is 25.8 Å². The van der Waals surface area contributed by atoms with Crippen LogP contribution in [0.1, 0.15) is 24.0 Å². The van der Waals surface area contributed by atoms with Crippen molar-refractivity contribution >= 4 is 16.9 Å². The highest BCUT2D eigenvalue weighted by molar-refractivity contribution is 5.80. The minimum absolute atomic E-state index is 0.0253. The number of aliphatic hydroxyl groups is 1. The Kier molecular flexibility index (Phi) is 5.21. The summed E-state index contributed by atoms with van der Waals surface area (Å²) in [6.45, 7) is 4.14. The molecule has 4 heterocycles. The number of pyridine rings is 1. The van der Waals surface area contributed by atoms with Gasteiger partial charge in [0.15, 0.2) is 5.65 Å². The smallest absolute Gasteiger partial charge is 0.157 e. The molecule has 3 aromatic heterocycles. The molecule has 0 fully saturated rings. The van der Waals surface area contributed by atoms with Gasteiger partial charge in [-0.2, -0.15) is 5.10 Å². The van der Waals surface area contributed by atoms with E-state index in [1.807, 2.05) is 12.1 Å². The van der Waals surface area contributed by atoms with Gasteiger partial charge in [-0.25, -0.2) is 19.6 Å². The summed E-state index contributed by atoms with van der Waals surface area (Å²) in [7, 11) is 0. The lowest BCUT2D eigenvalue weighted by Crippen LogP contribution is -2.12. The third-order valence-corrected chi connectivity index (χ3v) is 5.62. The number of hydrogen-bond donors (Lipinski definition) is 2. The fraction of sp³-hybridized carbons (Fsp3) is 0.304. The molecule has 8 heteroatoms. The van der Waals surface area contributed by atoms with Crippen LogP contribution in [-0.2, 0) is 13.0 Å². The first-order valence-corrected chi connectivity index (χ1v) is 10.5. The van der Waals surface area contributed by atoms with Crippen molar-refractivity contribution in [3.05, 3.63) is 60.2 Å². The van der Waals surface area contributed by atoms with Gasteiger partial charge in [0.05, 0.1) is 31.6 Å². The van der Waals surface area contributed by atoms with Crippen LogP contribution in [0.3, 0.4) is 0 Å². The number of anilines is 1. The van der Waals surface area contributed by atoms with Crippen LogP contribution >= 0.6 is 0 Å². The molecule has 2 N–H and O–H groups in total. The van der Waals surface area contributed by atoms with E-state index in [2.05, 4.69) is 50.5 Å². The first kappa shape index (κ1) is 19.4. The van der Waals surface area contributed by atoms with Crippen LogP contribution in [0.4, 0.5) is 5.82 Å². The van der Waals surface area contributed by atoms with Crippen LogP contribution in [0.2, 0.25) is 0 Å². The number of nitrogens with one attached hydrogen (secondary N) is 1. The topological polar surface area (TPSA) is 98.0 Å². The van der Waals surface area contributed by atoms with Crippen molar-refractivity contribution in [1.82, 2.24) is 24.7 Å². The molecule has 1 aromatic carbocycles. The molecule has 31 heavy (non-hydrogen) atoms. The molecule has 0 radical (unpaired) electrons. The van der Waals surface area contributed by atoms with Crippen molar-refractivity contribution in [2.24, 2.45) is 0 Å². The van der Waals surface area contributed by atoms with Gasteiger partial charge in [0.1, 0.15) is 17.9 Å². The van der Waals surface area contributed by atoms with Crippen LogP contribution in [0.15, 0.2) is 49.1 Å². The summed E-state index contributed by atoms with van der Waals surface area (Å²) in [5.74, 6) is 2.09. The minimum atomic E-state index is 0.0253. The number of ether oxygens (including phenoxy) is 1. The summed E-state index contributed by atoms with van der Waals surface area (Å²) in [5, 5.41) is 17.8. The quantitative estimate of drug-likeness (QED) is 0.478. The summed E-state index contributed by atoms with van der Waals surface area (Å²) in [6, 6.07) is 10.3. The van der Waals surface area contributed by atoms with Crippen molar-refractivity contribution in [3.8, 4) is 17.0 Å². The highest BCUT2D eigenvalue weighted by Gasteiger charge is 2.19. The van der Waals surface area contributed by atoms with Gasteiger partial charge in [0, 0.05) is 42.1 Å². The van der Waals surface area contributed by atoms with Crippen LogP contribution in [0, 0.1) is 0 Å². The van der Waals surface area contributed by atoms with E-state index >= 15 is 0 Å². The Labute approximate surface area is 179 Å². The van der Waals surface area contributed by atoms with Gasteiger partial charge in [-0.3, -0.25) is 0 Å². The van der Waals surface area contributed by atoms with Crippen LogP contribution < -0.4 is 10.1 Å². The van der Waals surface area contributed by atoms with Crippen molar-refractivity contribution < 1.29 is 9.84 Å². The van der Waals surface area contributed by atoms with Crippen LogP contribution in [0.25, 0.3) is 22.3 Å². The Morgan fingerprint density at radius 2 is 2.13 bits per heavy atom. The number of aromatic nitrogens is 5. The van der Waals surface area contributed by atoms with E-state index in [4.69, 9.17) is 9.84 Å². The first-order valence-electron chi connectivity index (χ1n) is 10.5. The summed E-state index contributed by atoms with van der Waals surface area (Å²) < 4.78 is 7.54. The second-order valence-corrected chi connectivity index (χ2v) is 7.73. The van der Waals surface area contributed by atoms with Gasteiger partial charge in [-0.05, 0) is 17.2 Å². The number of para-hydroxylation sites is 1. The molecule has 0 amide bonds. The normalized spacial score (nSPS) is 13.7. The number of nitrogens with zero attached hydrogens (tertiary/aromatic N) is 5. The van der Waals surface area contributed by atoms with E-state index in [9.17, 15) is 0 Å². The van der Waals surface area contributed by atoms with Gasteiger partial charge < -0.3 is 15.2 Å². The van der Waals surface area contributed by atoms with Crippen LogP contribution in [0.5, 0.6) is 5.75 Å². The maximum absolute atomic E-state index is 9.15. The lowest BCUT2D eigenvalue weighted by Gasteiger charge is -2.16.